The molecule has 0 unspecified atom stereocenters. The second kappa shape index (κ2) is 13.4. The summed E-state index contributed by atoms with van der Waals surface area (Å²) in [5.74, 6) is 1.74. The van der Waals surface area contributed by atoms with Gasteiger partial charge in [0, 0.05) is 20.2 Å². The molecule has 0 fully saturated rings. The lowest BCUT2D eigenvalue weighted by Crippen LogP contribution is -2.38. The predicted molar refractivity (Wildman–Crippen MR) is 122 cm³/mol. The summed E-state index contributed by atoms with van der Waals surface area (Å²) in [6.45, 7) is 4.92. The first-order chi connectivity index (χ1) is 12.8. The molecule has 0 heterocycles. The first kappa shape index (κ1) is 23.2. The van der Waals surface area contributed by atoms with E-state index in [1.165, 1.54) is 11.1 Å². The van der Waals surface area contributed by atoms with Crippen LogP contribution in [-0.2, 0) is 24.3 Å². The molecule has 148 valence electrons. The Hall–Kier alpha value is -1.80. The minimum atomic E-state index is 0. The number of aliphatic imine (C=N–C) groups is 1. The number of para-hydroxylation sites is 1. The van der Waals surface area contributed by atoms with E-state index < -0.39 is 0 Å². The Labute approximate surface area is 179 Å². The van der Waals surface area contributed by atoms with E-state index in [1.54, 1.807) is 14.2 Å². The molecule has 2 aromatic rings. The lowest BCUT2D eigenvalue weighted by Gasteiger charge is -2.13. The molecule has 0 amide bonds. The van der Waals surface area contributed by atoms with Gasteiger partial charge in [-0.3, -0.25) is 0 Å². The van der Waals surface area contributed by atoms with Crippen LogP contribution in [-0.4, -0.2) is 33.3 Å². The third-order valence-corrected chi connectivity index (χ3v) is 3.95. The summed E-state index contributed by atoms with van der Waals surface area (Å²) < 4.78 is 10.6. The zero-order valence-corrected chi connectivity index (χ0v) is 18.7. The molecule has 0 aliphatic rings. The lowest BCUT2D eigenvalue weighted by atomic mass is 10.1. The van der Waals surface area contributed by atoms with Gasteiger partial charge in [-0.15, -0.1) is 24.0 Å². The average Bonchev–Trinajstić information content (AvgIpc) is 2.67. The van der Waals surface area contributed by atoms with Crippen LogP contribution in [0, 0.1) is 0 Å². The average molecular weight is 483 g/mol. The van der Waals surface area contributed by atoms with Crippen LogP contribution in [0.5, 0.6) is 5.75 Å². The first-order valence-electron chi connectivity index (χ1n) is 8.97. The van der Waals surface area contributed by atoms with E-state index in [-0.39, 0.29) is 24.0 Å². The van der Waals surface area contributed by atoms with Crippen molar-refractivity contribution < 1.29 is 9.47 Å². The van der Waals surface area contributed by atoms with Crippen LogP contribution >= 0.6 is 24.0 Å². The summed E-state index contributed by atoms with van der Waals surface area (Å²) in [7, 11) is 3.41. The molecular formula is C21H30IN3O2. The molecule has 0 saturated heterocycles. The number of nitrogens with zero attached hydrogens (tertiary/aromatic N) is 1. The summed E-state index contributed by atoms with van der Waals surface area (Å²) in [4.78, 5) is 4.68. The number of halogens is 1. The highest BCUT2D eigenvalue weighted by Gasteiger charge is 2.03. The Morgan fingerprint density at radius 3 is 2.52 bits per heavy atom. The van der Waals surface area contributed by atoms with Gasteiger partial charge < -0.3 is 20.1 Å². The van der Waals surface area contributed by atoms with Crippen molar-refractivity contribution >= 4 is 29.9 Å². The van der Waals surface area contributed by atoms with Gasteiger partial charge in [-0.25, -0.2) is 4.99 Å². The van der Waals surface area contributed by atoms with E-state index in [4.69, 9.17) is 9.47 Å². The number of methoxy groups -OCH3 is 2. The highest BCUT2D eigenvalue weighted by molar-refractivity contribution is 14.0. The van der Waals surface area contributed by atoms with E-state index >= 15 is 0 Å². The van der Waals surface area contributed by atoms with Crippen molar-refractivity contribution in [2.75, 3.05) is 27.3 Å². The molecule has 6 heteroatoms. The van der Waals surface area contributed by atoms with Crippen molar-refractivity contribution in [3.05, 3.63) is 65.2 Å². The monoisotopic (exact) mass is 483 g/mol. The van der Waals surface area contributed by atoms with Gasteiger partial charge in [0.15, 0.2) is 5.96 Å². The number of rotatable bonds is 9. The number of hydrogen-bond donors (Lipinski definition) is 2. The minimum absolute atomic E-state index is 0. The highest BCUT2D eigenvalue weighted by atomic mass is 127. The van der Waals surface area contributed by atoms with Crippen molar-refractivity contribution in [1.29, 1.82) is 0 Å². The van der Waals surface area contributed by atoms with Crippen LogP contribution in [0.4, 0.5) is 0 Å². The van der Waals surface area contributed by atoms with Gasteiger partial charge in [0.25, 0.3) is 0 Å². The number of ether oxygens (including phenoxy) is 2. The van der Waals surface area contributed by atoms with Gasteiger partial charge >= 0.3 is 0 Å². The van der Waals surface area contributed by atoms with E-state index in [0.29, 0.717) is 13.2 Å². The third kappa shape index (κ3) is 8.17. The van der Waals surface area contributed by atoms with E-state index in [1.807, 2.05) is 24.3 Å². The van der Waals surface area contributed by atoms with Gasteiger partial charge in [-0.2, -0.15) is 0 Å². The van der Waals surface area contributed by atoms with Gasteiger partial charge in [0.2, 0.25) is 0 Å². The zero-order valence-electron chi connectivity index (χ0n) is 16.3. The fourth-order valence-electron chi connectivity index (χ4n) is 2.72. The fraction of sp³-hybridized carbons (Fsp3) is 0.381. The smallest absolute Gasteiger partial charge is 0.191 e. The van der Waals surface area contributed by atoms with Crippen LogP contribution in [0.15, 0.2) is 53.5 Å². The van der Waals surface area contributed by atoms with Gasteiger partial charge in [0.1, 0.15) is 5.75 Å². The van der Waals surface area contributed by atoms with Crippen molar-refractivity contribution in [1.82, 2.24) is 10.6 Å². The molecule has 0 aliphatic carbocycles. The topological polar surface area (TPSA) is 54.9 Å². The molecule has 27 heavy (non-hydrogen) atoms. The summed E-state index contributed by atoms with van der Waals surface area (Å²) in [5.41, 5.74) is 3.52. The Bertz CT molecular complexity index is 707. The predicted octanol–water partition coefficient (Wildman–Crippen LogP) is 3.76. The molecule has 2 aromatic carbocycles. The molecule has 0 spiro atoms. The number of benzene rings is 2. The second-order valence-electron chi connectivity index (χ2n) is 5.94. The molecule has 0 atom stereocenters. The number of nitrogens with one attached hydrogen (secondary N) is 2. The summed E-state index contributed by atoms with van der Waals surface area (Å²) >= 11 is 0. The highest BCUT2D eigenvalue weighted by Crippen LogP contribution is 2.17. The number of hydrogen-bond acceptors (Lipinski definition) is 3. The molecule has 0 aliphatic heterocycles. The minimum Gasteiger partial charge on any atom is -0.496 e. The fourth-order valence-corrected chi connectivity index (χ4v) is 2.72. The molecule has 0 aromatic heterocycles. The van der Waals surface area contributed by atoms with Crippen molar-refractivity contribution in [2.45, 2.75) is 26.5 Å². The van der Waals surface area contributed by atoms with E-state index in [0.717, 1.165) is 36.8 Å². The largest absolute Gasteiger partial charge is 0.496 e. The Morgan fingerprint density at radius 1 is 1.00 bits per heavy atom. The maximum Gasteiger partial charge on any atom is 0.191 e. The first-order valence-corrected chi connectivity index (χ1v) is 8.97. The SMILES string of the molecule is CCNC(=NCc1cccc(COC)c1)NCCc1ccccc1OC.I. The van der Waals surface area contributed by atoms with Gasteiger partial charge in [-0.05, 0) is 36.1 Å². The maximum atomic E-state index is 5.40. The van der Waals surface area contributed by atoms with Crippen LogP contribution in [0.3, 0.4) is 0 Å². The lowest BCUT2D eigenvalue weighted by molar-refractivity contribution is 0.185. The second-order valence-corrected chi connectivity index (χ2v) is 5.94. The van der Waals surface area contributed by atoms with Crippen molar-refractivity contribution in [3.63, 3.8) is 0 Å². The summed E-state index contributed by atoms with van der Waals surface area (Å²) in [6.07, 6.45) is 0.873. The molecule has 0 saturated carbocycles. The third-order valence-electron chi connectivity index (χ3n) is 3.95. The maximum absolute atomic E-state index is 5.40. The zero-order chi connectivity index (χ0) is 18.6. The number of guanidine groups is 1. The van der Waals surface area contributed by atoms with Gasteiger partial charge in [-0.1, -0.05) is 42.5 Å². The van der Waals surface area contributed by atoms with Crippen LogP contribution in [0.25, 0.3) is 0 Å². The summed E-state index contributed by atoms with van der Waals surface area (Å²) in [6, 6.07) is 16.4. The Morgan fingerprint density at radius 2 is 1.78 bits per heavy atom. The van der Waals surface area contributed by atoms with Crippen LogP contribution in [0.2, 0.25) is 0 Å². The van der Waals surface area contributed by atoms with E-state index in [2.05, 4.69) is 46.8 Å². The Kier molecular flexibility index (Phi) is 11.5. The van der Waals surface area contributed by atoms with Crippen molar-refractivity contribution in [2.24, 2.45) is 4.99 Å². The Balaban J connectivity index is 0.00000364. The molecule has 2 rings (SSSR count). The van der Waals surface area contributed by atoms with Crippen LogP contribution in [0.1, 0.15) is 23.6 Å². The molecule has 2 N–H and O–H groups in total. The van der Waals surface area contributed by atoms with E-state index in [9.17, 15) is 0 Å². The normalized spacial score (nSPS) is 10.9. The summed E-state index contributed by atoms with van der Waals surface area (Å²) in [5, 5.41) is 6.68. The molecule has 5 nitrogen and oxygen atoms in total. The molecule has 0 radical (unpaired) electrons. The standard InChI is InChI=1S/C21H29N3O2.HI/c1-4-22-21(23-13-12-19-10-5-6-11-20(19)26-3)24-15-17-8-7-9-18(14-17)16-25-2;/h5-11,14H,4,12-13,15-16H2,1-3H3,(H2,22,23,24);1H. The van der Waals surface area contributed by atoms with Crippen LogP contribution < -0.4 is 15.4 Å². The van der Waals surface area contributed by atoms with Gasteiger partial charge in [0.05, 0.1) is 20.3 Å². The van der Waals surface area contributed by atoms with Crippen molar-refractivity contribution in [3.8, 4) is 5.75 Å². The molecular weight excluding hydrogens is 453 g/mol. The quantitative estimate of drug-likeness (QED) is 0.324. The molecule has 0 bridgehead atoms.